The van der Waals surface area contributed by atoms with E-state index in [-0.39, 0.29) is 16.8 Å². The van der Waals surface area contributed by atoms with Crippen LogP contribution in [0.1, 0.15) is 31.2 Å². The van der Waals surface area contributed by atoms with Gasteiger partial charge in [-0.15, -0.1) is 0 Å². The summed E-state index contributed by atoms with van der Waals surface area (Å²) in [5.74, 6) is -2.21. The zero-order valence-electron chi connectivity index (χ0n) is 13.5. The van der Waals surface area contributed by atoms with E-state index in [1.807, 2.05) is 30.3 Å². The van der Waals surface area contributed by atoms with E-state index in [9.17, 15) is 14.4 Å². The zero-order chi connectivity index (χ0) is 18.1. The van der Waals surface area contributed by atoms with Gasteiger partial charge < -0.3 is 4.84 Å². The van der Waals surface area contributed by atoms with Crippen molar-refractivity contribution in [3.8, 4) is 11.3 Å². The molecule has 0 unspecified atom stereocenters. The highest BCUT2D eigenvalue weighted by Gasteiger charge is 2.38. The second-order valence-corrected chi connectivity index (χ2v) is 5.60. The summed E-state index contributed by atoms with van der Waals surface area (Å²) >= 11 is 0. The van der Waals surface area contributed by atoms with Crippen LogP contribution in [0, 0.1) is 0 Å². The molecule has 0 saturated carbocycles. The first-order valence-electron chi connectivity index (χ1n) is 7.88. The first-order valence-corrected chi connectivity index (χ1v) is 7.88. The van der Waals surface area contributed by atoms with Crippen molar-refractivity contribution in [2.75, 3.05) is 0 Å². The van der Waals surface area contributed by atoms with Crippen molar-refractivity contribution in [2.24, 2.45) is 0 Å². The molecule has 4 rings (SSSR count). The molecule has 6 heteroatoms. The summed E-state index contributed by atoms with van der Waals surface area (Å²) in [6.07, 6.45) is 0. The Bertz CT molecular complexity index is 996. The Morgan fingerprint density at radius 2 is 1.38 bits per heavy atom. The van der Waals surface area contributed by atoms with E-state index < -0.39 is 17.8 Å². The van der Waals surface area contributed by atoms with E-state index in [4.69, 9.17) is 4.84 Å². The largest absolute Gasteiger partial charge is 0.382 e. The topological polar surface area (TPSA) is 76.6 Å². The van der Waals surface area contributed by atoms with Crippen LogP contribution in [0.2, 0.25) is 0 Å². The molecule has 0 fully saturated rings. The highest BCUT2D eigenvalue weighted by atomic mass is 16.7. The molecule has 0 radical (unpaired) electrons. The lowest BCUT2D eigenvalue weighted by Gasteiger charge is -2.12. The highest BCUT2D eigenvalue weighted by Crippen LogP contribution is 2.23. The molecule has 2 aromatic carbocycles. The maximum atomic E-state index is 12.4. The Balaban J connectivity index is 1.58. The van der Waals surface area contributed by atoms with Gasteiger partial charge in [0.05, 0.1) is 16.8 Å². The van der Waals surface area contributed by atoms with Crippen LogP contribution in [0.5, 0.6) is 0 Å². The monoisotopic (exact) mass is 344 g/mol. The van der Waals surface area contributed by atoms with Gasteiger partial charge in [-0.25, -0.2) is 9.78 Å². The summed E-state index contributed by atoms with van der Waals surface area (Å²) in [4.78, 5) is 46.2. The zero-order valence-corrected chi connectivity index (χ0v) is 13.5. The number of carbonyl (C=O) groups is 3. The van der Waals surface area contributed by atoms with Gasteiger partial charge in [0.15, 0.2) is 5.69 Å². The van der Waals surface area contributed by atoms with E-state index in [0.717, 1.165) is 5.56 Å². The van der Waals surface area contributed by atoms with Gasteiger partial charge in [0.1, 0.15) is 0 Å². The van der Waals surface area contributed by atoms with Crippen molar-refractivity contribution < 1.29 is 19.2 Å². The maximum absolute atomic E-state index is 12.4. The average Bonchev–Trinajstić information content (AvgIpc) is 2.94. The molecule has 3 aromatic rings. The Kier molecular flexibility index (Phi) is 3.78. The molecule has 6 nitrogen and oxygen atoms in total. The van der Waals surface area contributed by atoms with Crippen LogP contribution in [0.3, 0.4) is 0 Å². The van der Waals surface area contributed by atoms with Crippen LogP contribution in [-0.4, -0.2) is 27.8 Å². The minimum atomic E-state index is -0.878. The molecule has 0 spiro atoms. The van der Waals surface area contributed by atoms with Crippen molar-refractivity contribution in [3.63, 3.8) is 0 Å². The lowest BCUT2D eigenvalue weighted by atomic mass is 10.1. The smallest absolute Gasteiger partial charge is 0.323 e. The van der Waals surface area contributed by atoms with Crippen LogP contribution in [0.15, 0.2) is 72.8 Å². The Labute approximate surface area is 148 Å². The van der Waals surface area contributed by atoms with Gasteiger partial charge in [-0.05, 0) is 24.3 Å². The second-order valence-electron chi connectivity index (χ2n) is 5.60. The standard InChI is InChI=1S/C20H12N2O4/c23-18-14-9-4-5-10-15(14)19(24)22(18)26-20(25)17-12-6-11-16(21-17)13-7-2-1-3-8-13/h1-12H. The number of hydrogen-bond acceptors (Lipinski definition) is 5. The maximum Gasteiger partial charge on any atom is 0.382 e. The first kappa shape index (κ1) is 15.7. The van der Waals surface area contributed by atoms with Crippen LogP contribution < -0.4 is 0 Å². The number of pyridine rings is 1. The summed E-state index contributed by atoms with van der Waals surface area (Å²) in [6.45, 7) is 0. The van der Waals surface area contributed by atoms with Gasteiger partial charge in [0.25, 0.3) is 11.8 Å². The van der Waals surface area contributed by atoms with Crippen molar-refractivity contribution in [3.05, 3.63) is 89.6 Å². The number of hydrogen-bond donors (Lipinski definition) is 0. The number of nitrogens with zero attached hydrogens (tertiary/aromatic N) is 2. The SMILES string of the molecule is O=C(ON1C(=O)c2ccccc2C1=O)c1cccc(-c2ccccc2)n1. The van der Waals surface area contributed by atoms with Gasteiger partial charge >= 0.3 is 5.97 Å². The Morgan fingerprint density at radius 3 is 2.04 bits per heavy atom. The van der Waals surface area contributed by atoms with Crippen molar-refractivity contribution >= 4 is 17.8 Å². The third kappa shape index (κ3) is 2.63. The molecule has 2 heterocycles. The third-order valence-electron chi connectivity index (χ3n) is 3.96. The summed E-state index contributed by atoms with van der Waals surface area (Å²) in [6, 6.07) is 20.5. The van der Waals surface area contributed by atoms with E-state index in [1.54, 1.807) is 24.3 Å². The minimum Gasteiger partial charge on any atom is -0.323 e. The van der Waals surface area contributed by atoms with Crippen LogP contribution in [0.25, 0.3) is 11.3 Å². The van der Waals surface area contributed by atoms with Crippen molar-refractivity contribution in [1.82, 2.24) is 10.0 Å². The summed E-state index contributed by atoms with van der Waals surface area (Å²) in [5, 5.41) is 0.476. The van der Waals surface area contributed by atoms with E-state index in [0.29, 0.717) is 10.8 Å². The van der Waals surface area contributed by atoms with E-state index in [2.05, 4.69) is 4.98 Å². The first-order chi connectivity index (χ1) is 12.6. The molecule has 26 heavy (non-hydrogen) atoms. The summed E-state index contributed by atoms with van der Waals surface area (Å²) in [5.41, 5.74) is 1.83. The number of aromatic nitrogens is 1. The average molecular weight is 344 g/mol. The van der Waals surface area contributed by atoms with Crippen molar-refractivity contribution in [1.29, 1.82) is 0 Å². The quantitative estimate of drug-likeness (QED) is 0.682. The number of carbonyl (C=O) groups excluding carboxylic acids is 3. The molecule has 1 aliphatic rings. The van der Waals surface area contributed by atoms with Gasteiger partial charge in [-0.1, -0.05) is 53.6 Å². The summed E-state index contributed by atoms with van der Waals surface area (Å²) < 4.78 is 0. The lowest BCUT2D eigenvalue weighted by Crippen LogP contribution is -2.33. The van der Waals surface area contributed by atoms with E-state index in [1.165, 1.54) is 18.2 Å². The number of fused-ring (bicyclic) bond motifs is 1. The second kappa shape index (κ2) is 6.25. The summed E-state index contributed by atoms with van der Waals surface area (Å²) in [7, 11) is 0. The molecular formula is C20H12N2O4. The molecule has 0 bridgehead atoms. The normalized spacial score (nSPS) is 12.8. The molecule has 0 aliphatic carbocycles. The fraction of sp³-hybridized carbons (Fsp3) is 0. The number of benzene rings is 2. The highest BCUT2D eigenvalue weighted by molar-refractivity contribution is 6.21. The number of rotatable bonds is 3. The van der Waals surface area contributed by atoms with Gasteiger partial charge in [0, 0.05) is 5.56 Å². The third-order valence-corrected chi connectivity index (χ3v) is 3.96. The molecule has 126 valence electrons. The molecule has 1 aliphatic heterocycles. The van der Waals surface area contributed by atoms with Crippen LogP contribution >= 0.6 is 0 Å². The molecule has 0 saturated heterocycles. The van der Waals surface area contributed by atoms with Crippen LogP contribution in [-0.2, 0) is 4.84 Å². The van der Waals surface area contributed by atoms with Crippen molar-refractivity contribution in [2.45, 2.75) is 0 Å². The van der Waals surface area contributed by atoms with E-state index >= 15 is 0 Å². The molecule has 0 N–H and O–H groups in total. The Morgan fingerprint density at radius 1 is 0.769 bits per heavy atom. The minimum absolute atomic E-state index is 0.00269. The van der Waals surface area contributed by atoms with Crippen LogP contribution in [0.4, 0.5) is 0 Å². The Hall–Kier alpha value is -3.80. The van der Waals surface area contributed by atoms with Gasteiger partial charge in [-0.3, -0.25) is 9.59 Å². The molecular weight excluding hydrogens is 332 g/mol. The van der Waals surface area contributed by atoms with Gasteiger partial charge in [-0.2, -0.15) is 0 Å². The molecule has 1 aromatic heterocycles. The fourth-order valence-corrected chi connectivity index (χ4v) is 2.70. The number of imide groups is 1. The molecule has 0 atom stereocenters. The molecule has 2 amide bonds. The predicted octanol–water partition coefficient (Wildman–Crippen LogP) is 3.12. The lowest BCUT2D eigenvalue weighted by molar-refractivity contribution is -0.0588. The fourth-order valence-electron chi connectivity index (χ4n) is 2.70. The number of hydroxylamine groups is 2. The van der Waals surface area contributed by atoms with Gasteiger partial charge in [0.2, 0.25) is 0 Å². The number of amides is 2. The predicted molar refractivity (Wildman–Crippen MR) is 92.0 cm³/mol.